The van der Waals surface area contributed by atoms with E-state index in [1.54, 1.807) is 0 Å². The first kappa shape index (κ1) is 19.6. The molecule has 1 amide bonds. The molecule has 0 unspecified atom stereocenters. The van der Waals surface area contributed by atoms with Crippen molar-refractivity contribution in [2.75, 3.05) is 26.2 Å². The zero-order valence-electron chi connectivity index (χ0n) is 18.0. The fraction of sp³-hybridized carbons (Fsp3) is 0.280. The van der Waals surface area contributed by atoms with Crippen molar-refractivity contribution >= 4 is 11.6 Å². The van der Waals surface area contributed by atoms with E-state index in [1.807, 2.05) is 58.3 Å². The third-order valence-corrected chi connectivity index (χ3v) is 6.13. The molecule has 0 radical (unpaired) electrons. The number of aryl methyl sites for hydroxylation is 2. The zero-order valence-corrected chi connectivity index (χ0v) is 18.0. The summed E-state index contributed by atoms with van der Waals surface area (Å²) < 4.78 is 4.22. The second-order valence-corrected chi connectivity index (χ2v) is 8.28. The highest BCUT2D eigenvalue weighted by atomic mass is 16.2. The molecule has 0 atom stereocenters. The summed E-state index contributed by atoms with van der Waals surface area (Å²) >= 11 is 0. The van der Waals surface area contributed by atoms with Crippen molar-refractivity contribution in [3.63, 3.8) is 0 Å². The highest BCUT2D eigenvalue weighted by Crippen LogP contribution is 2.18. The van der Waals surface area contributed by atoms with E-state index in [9.17, 15) is 4.79 Å². The van der Waals surface area contributed by atoms with Crippen LogP contribution in [-0.2, 0) is 6.54 Å². The zero-order chi connectivity index (χ0) is 21.4. The molecule has 158 valence electrons. The Kier molecular flexibility index (Phi) is 5.08. The average Bonchev–Trinajstić information content (AvgIpc) is 3.42. The van der Waals surface area contributed by atoms with Gasteiger partial charge in [-0.15, -0.1) is 0 Å². The van der Waals surface area contributed by atoms with Crippen molar-refractivity contribution in [2.24, 2.45) is 0 Å². The van der Waals surface area contributed by atoms with E-state index in [0.717, 1.165) is 55.3 Å². The molecule has 1 saturated heterocycles. The Morgan fingerprint density at radius 2 is 1.65 bits per heavy atom. The molecule has 6 heteroatoms. The van der Waals surface area contributed by atoms with E-state index >= 15 is 0 Å². The Morgan fingerprint density at radius 1 is 0.935 bits per heavy atom. The molecule has 0 spiro atoms. The van der Waals surface area contributed by atoms with Gasteiger partial charge in [0.25, 0.3) is 5.91 Å². The molecule has 1 aromatic carbocycles. The van der Waals surface area contributed by atoms with E-state index in [1.165, 1.54) is 11.3 Å². The van der Waals surface area contributed by atoms with Gasteiger partial charge in [0.2, 0.25) is 0 Å². The van der Waals surface area contributed by atoms with Gasteiger partial charge in [-0.1, -0.05) is 0 Å². The number of piperazine rings is 1. The van der Waals surface area contributed by atoms with Crippen LogP contribution >= 0.6 is 0 Å². The fourth-order valence-electron chi connectivity index (χ4n) is 4.29. The Labute approximate surface area is 182 Å². The number of carbonyl (C=O) groups is 1. The van der Waals surface area contributed by atoms with Crippen LogP contribution in [-0.4, -0.2) is 55.8 Å². The maximum Gasteiger partial charge on any atom is 0.253 e. The van der Waals surface area contributed by atoms with Crippen LogP contribution in [0.15, 0.2) is 67.1 Å². The molecule has 31 heavy (non-hydrogen) atoms. The number of benzene rings is 1. The third kappa shape index (κ3) is 3.86. The van der Waals surface area contributed by atoms with Crippen molar-refractivity contribution in [1.82, 2.24) is 23.8 Å². The van der Waals surface area contributed by atoms with Crippen molar-refractivity contribution in [2.45, 2.75) is 20.4 Å². The van der Waals surface area contributed by atoms with Crippen LogP contribution in [0, 0.1) is 13.8 Å². The third-order valence-electron chi connectivity index (χ3n) is 6.13. The summed E-state index contributed by atoms with van der Waals surface area (Å²) in [5, 5.41) is 0. The lowest BCUT2D eigenvalue weighted by molar-refractivity contribution is 0.0626. The molecule has 4 heterocycles. The van der Waals surface area contributed by atoms with Gasteiger partial charge in [-0.25, -0.2) is 4.98 Å². The van der Waals surface area contributed by atoms with E-state index in [4.69, 9.17) is 4.98 Å². The lowest BCUT2D eigenvalue weighted by atomic mass is 10.1. The highest BCUT2D eigenvalue weighted by Gasteiger charge is 2.23. The van der Waals surface area contributed by atoms with Crippen molar-refractivity contribution in [3.8, 4) is 5.69 Å². The van der Waals surface area contributed by atoms with Gasteiger partial charge in [-0.05, 0) is 67.9 Å². The number of aromatic nitrogens is 3. The molecule has 5 rings (SSSR count). The van der Waals surface area contributed by atoms with E-state index in [2.05, 4.69) is 41.5 Å². The standard InChI is InChI=1S/C25H27N5O/c1-19-9-12-30-23(20(2)26-24(30)17-19)18-27-13-15-29(16-14-27)25(31)21-5-7-22(8-6-21)28-10-3-4-11-28/h3-12,17H,13-16,18H2,1-2H3. The molecule has 3 aromatic heterocycles. The molecule has 1 aliphatic heterocycles. The van der Waals surface area contributed by atoms with Crippen molar-refractivity contribution < 1.29 is 4.79 Å². The molecule has 4 aromatic rings. The topological polar surface area (TPSA) is 45.8 Å². The minimum atomic E-state index is 0.111. The molecular weight excluding hydrogens is 386 g/mol. The predicted octanol–water partition coefficient (Wildman–Crippen LogP) is 3.70. The molecule has 1 aliphatic rings. The Morgan fingerprint density at radius 3 is 2.35 bits per heavy atom. The van der Waals surface area contributed by atoms with Gasteiger partial charge < -0.3 is 13.9 Å². The highest BCUT2D eigenvalue weighted by molar-refractivity contribution is 5.94. The summed E-state index contributed by atoms with van der Waals surface area (Å²) in [6.45, 7) is 8.24. The molecule has 0 N–H and O–H groups in total. The summed E-state index contributed by atoms with van der Waals surface area (Å²) in [5.41, 5.74) is 6.34. The van der Waals surface area contributed by atoms with Crippen LogP contribution in [0.4, 0.5) is 0 Å². The largest absolute Gasteiger partial charge is 0.336 e. The van der Waals surface area contributed by atoms with Crippen molar-refractivity contribution in [1.29, 1.82) is 0 Å². The number of rotatable bonds is 4. The number of nitrogens with zero attached hydrogens (tertiary/aromatic N) is 5. The number of amides is 1. The normalized spacial score (nSPS) is 15.0. The van der Waals surface area contributed by atoms with Crippen molar-refractivity contribution in [3.05, 3.63) is 89.6 Å². The maximum atomic E-state index is 13.0. The van der Waals surface area contributed by atoms with E-state index in [0.29, 0.717) is 0 Å². The second kappa shape index (κ2) is 8.04. The maximum absolute atomic E-state index is 13.0. The smallest absolute Gasteiger partial charge is 0.253 e. The van der Waals surface area contributed by atoms with Gasteiger partial charge >= 0.3 is 0 Å². The average molecular weight is 414 g/mol. The Hall–Kier alpha value is -3.38. The first-order chi connectivity index (χ1) is 15.1. The molecular formula is C25H27N5O. The van der Waals surface area contributed by atoms with Gasteiger partial charge in [0, 0.05) is 62.6 Å². The van der Waals surface area contributed by atoms with Crippen LogP contribution in [0.1, 0.15) is 27.3 Å². The van der Waals surface area contributed by atoms with Gasteiger partial charge in [-0.2, -0.15) is 0 Å². The van der Waals surface area contributed by atoms with E-state index < -0.39 is 0 Å². The SMILES string of the molecule is Cc1ccn2c(CN3CCN(C(=O)c4ccc(-n5cccc5)cc4)CC3)c(C)nc2c1. The summed E-state index contributed by atoms with van der Waals surface area (Å²) in [5.74, 6) is 0.111. The number of carbonyl (C=O) groups excluding carboxylic acids is 1. The van der Waals surface area contributed by atoms with Gasteiger partial charge in [0.15, 0.2) is 0 Å². The van der Waals surface area contributed by atoms with Gasteiger partial charge in [0.1, 0.15) is 5.65 Å². The number of pyridine rings is 1. The first-order valence-electron chi connectivity index (χ1n) is 10.8. The van der Waals surface area contributed by atoms with Crippen LogP contribution in [0.2, 0.25) is 0 Å². The summed E-state index contributed by atoms with van der Waals surface area (Å²) in [7, 11) is 0. The lowest BCUT2D eigenvalue weighted by Crippen LogP contribution is -2.48. The lowest BCUT2D eigenvalue weighted by Gasteiger charge is -2.34. The minimum Gasteiger partial charge on any atom is -0.336 e. The Bertz CT molecular complexity index is 1200. The summed E-state index contributed by atoms with van der Waals surface area (Å²) in [4.78, 5) is 22.1. The van der Waals surface area contributed by atoms with Crippen LogP contribution < -0.4 is 0 Å². The summed E-state index contributed by atoms with van der Waals surface area (Å²) in [6, 6.07) is 16.1. The van der Waals surface area contributed by atoms with Crippen LogP contribution in [0.25, 0.3) is 11.3 Å². The Balaban J connectivity index is 1.22. The monoisotopic (exact) mass is 413 g/mol. The molecule has 0 bridgehead atoms. The number of imidazole rings is 1. The predicted molar refractivity (Wildman–Crippen MR) is 122 cm³/mol. The number of fused-ring (bicyclic) bond motifs is 1. The van der Waals surface area contributed by atoms with Gasteiger partial charge in [-0.3, -0.25) is 9.69 Å². The van der Waals surface area contributed by atoms with E-state index in [-0.39, 0.29) is 5.91 Å². The summed E-state index contributed by atoms with van der Waals surface area (Å²) in [6.07, 6.45) is 6.11. The fourth-order valence-corrected chi connectivity index (χ4v) is 4.29. The second-order valence-electron chi connectivity index (χ2n) is 8.28. The van der Waals surface area contributed by atoms with Crippen LogP contribution in [0.5, 0.6) is 0 Å². The molecule has 6 nitrogen and oxygen atoms in total. The molecule has 1 fully saturated rings. The van der Waals surface area contributed by atoms with Gasteiger partial charge in [0.05, 0.1) is 11.4 Å². The quantitative estimate of drug-likeness (QED) is 0.513. The molecule has 0 saturated carbocycles. The first-order valence-corrected chi connectivity index (χ1v) is 10.8. The number of hydrogen-bond acceptors (Lipinski definition) is 3. The minimum absolute atomic E-state index is 0.111. The molecule has 0 aliphatic carbocycles. The number of hydrogen-bond donors (Lipinski definition) is 0. The van der Waals surface area contributed by atoms with Crippen LogP contribution in [0.3, 0.4) is 0 Å².